The van der Waals surface area contributed by atoms with E-state index in [2.05, 4.69) is 25.6 Å². The molecule has 3 N–H and O–H groups in total. The first-order chi connectivity index (χ1) is 15.0. The average Bonchev–Trinajstić information content (AvgIpc) is 3.23. The van der Waals surface area contributed by atoms with Gasteiger partial charge in [-0.15, -0.1) is 5.10 Å². The maximum Gasteiger partial charge on any atom is 0.337 e. The fourth-order valence-corrected chi connectivity index (χ4v) is 2.99. The number of benzene rings is 2. The van der Waals surface area contributed by atoms with Crippen LogP contribution in [-0.4, -0.2) is 51.1 Å². The molecular weight excluding hydrogens is 402 g/mol. The van der Waals surface area contributed by atoms with Gasteiger partial charge in [0.05, 0.1) is 30.9 Å². The van der Waals surface area contributed by atoms with Gasteiger partial charge < -0.3 is 20.5 Å². The maximum atomic E-state index is 12.0. The summed E-state index contributed by atoms with van der Waals surface area (Å²) in [6, 6.07) is 11.7. The Morgan fingerprint density at radius 1 is 1.00 bits per heavy atom. The zero-order valence-corrected chi connectivity index (χ0v) is 16.6. The van der Waals surface area contributed by atoms with Crippen molar-refractivity contribution in [2.24, 2.45) is 0 Å². The van der Waals surface area contributed by atoms with Gasteiger partial charge in [-0.05, 0) is 30.3 Å². The zero-order valence-electron chi connectivity index (χ0n) is 16.6. The van der Waals surface area contributed by atoms with Gasteiger partial charge in [0.15, 0.2) is 11.6 Å². The highest BCUT2D eigenvalue weighted by Gasteiger charge is 2.17. The summed E-state index contributed by atoms with van der Waals surface area (Å²) >= 11 is 0. The van der Waals surface area contributed by atoms with Crippen molar-refractivity contribution in [3.05, 3.63) is 59.9 Å². The van der Waals surface area contributed by atoms with Crippen LogP contribution >= 0.6 is 0 Å². The minimum absolute atomic E-state index is 0.156. The molecule has 0 aliphatic rings. The molecule has 31 heavy (non-hydrogen) atoms. The largest absolute Gasteiger partial charge is 0.465 e. The molecule has 156 valence electrons. The number of nitrogens with zero attached hydrogens (tertiary/aromatic N) is 5. The number of rotatable bonds is 5. The van der Waals surface area contributed by atoms with Gasteiger partial charge in [-0.25, -0.2) is 19.6 Å². The Morgan fingerprint density at radius 2 is 1.68 bits per heavy atom. The van der Waals surface area contributed by atoms with E-state index in [4.69, 9.17) is 15.2 Å². The van der Waals surface area contributed by atoms with Crippen LogP contribution in [0.3, 0.4) is 0 Å². The van der Waals surface area contributed by atoms with Crippen molar-refractivity contribution in [1.82, 2.24) is 25.0 Å². The van der Waals surface area contributed by atoms with E-state index in [1.165, 1.54) is 43.4 Å². The molecule has 2 aromatic carbocycles. The second-order valence-electron chi connectivity index (χ2n) is 6.36. The molecule has 2 aromatic heterocycles. The fraction of sp³-hybridized carbons (Fsp3) is 0.100. The fourth-order valence-electron chi connectivity index (χ4n) is 2.99. The van der Waals surface area contributed by atoms with Gasteiger partial charge in [0.25, 0.3) is 0 Å². The number of anilines is 3. The molecule has 4 aromatic rings. The number of carbonyl (C=O) groups is 2. The second-order valence-corrected chi connectivity index (χ2v) is 6.36. The van der Waals surface area contributed by atoms with E-state index in [1.807, 2.05) is 24.3 Å². The van der Waals surface area contributed by atoms with Crippen molar-refractivity contribution in [2.45, 2.75) is 0 Å². The molecule has 0 fully saturated rings. The lowest BCUT2D eigenvalue weighted by Gasteiger charge is -2.13. The number of nitrogen functional groups attached to an aromatic ring is 1. The molecule has 0 aliphatic heterocycles. The predicted octanol–water partition coefficient (Wildman–Crippen LogP) is 2.11. The van der Waals surface area contributed by atoms with Crippen molar-refractivity contribution in [3.63, 3.8) is 0 Å². The Morgan fingerprint density at radius 3 is 2.35 bits per heavy atom. The van der Waals surface area contributed by atoms with Gasteiger partial charge >= 0.3 is 11.9 Å². The average molecular weight is 419 g/mol. The zero-order chi connectivity index (χ0) is 22.0. The van der Waals surface area contributed by atoms with Crippen LogP contribution in [0.1, 0.15) is 20.7 Å². The summed E-state index contributed by atoms with van der Waals surface area (Å²) in [5.41, 5.74) is 8.59. The van der Waals surface area contributed by atoms with Crippen LogP contribution in [0.2, 0.25) is 0 Å². The van der Waals surface area contributed by atoms with Gasteiger partial charge in [-0.3, -0.25) is 0 Å². The van der Waals surface area contributed by atoms with Crippen LogP contribution in [0.15, 0.2) is 48.8 Å². The Bertz CT molecular complexity index is 1270. The molecular formula is C20H17N7O4. The van der Waals surface area contributed by atoms with Gasteiger partial charge in [-0.2, -0.15) is 4.68 Å². The maximum absolute atomic E-state index is 12.0. The second kappa shape index (κ2) is 8.06. The summed E-state index contributed by atoms with van der Waals surface area (Å²) in [6.45, 7) is 0. The molecule has 0 bridgehead atoms. The number of aromatic nitrogens is 5. The number of para-hydroxylation sites is 1. The Balaban J connectivity index is 1.76. The SMILES string of the molecule is COC(=O)c1cc(Nc2ncnc(-n3nnc4ccccc43)c2N)cc(C(=O)OC)c1. The number of fused-ring (bicyclic) bond motifs is 1. The molecule has 0 radical (unpaired) electrons. The molecule has 0 spiro atoms. The third kappa shape index (κ3) is 3.71. The third-order valence-electron chi connectivity index (χ3n) is 4.45. The van der Waals surface area contributed by atoms with Crippen molar-refractivity contribution >= 4 is 40.2 Å². The smallest absolute Gasteiger partial charge is 0.337 e. The lowest BCUT2D eigenvalue weighted by Crippen LogP contribution is -2.10. The number of hydrogen-bond acceptors (Lipinski definition) is 10. The molecule has 2 heterocycles. The first kappa shape index (κ1) is 19.8. The summed E-state index contributed by atoms with van der Waals surface area (Å²) in [5.74, 6) is -0.649. The van der Waals surface area contributed by atoms with E-state index in [1.54, 1.807) is 0 Å². The lowest BCUT2D eigenvalue weighted by atomic mass is 10.1. The Kier molecular flexibility index (Phi) is 5.14. The van der Waals surface area contributed by atoms with Crippen LogP contribution in [0.4, 0.5) is 17.2 Å². The quantitative estimate of drug-likeness (QED) is 0.461. The molecule has 0 saturated heterocycles. The molecule has 11 nitrogen and oxygen atoms in total. The van der Waals surface area contributed by atoms with Crippen molar-refractivity contribution in [1.29, 1.82) is 0 Å². The minimum Gasteiger partial charge on any atom is -0.465 e. The molecule has 11 heteroatoms. The molecule has 0 saturated carbocycles. The van der Waals surface area contributed by atoms with Gasteiger partial charge in [-0.1, -0.05) is 17.3 Å². The number of carbonyl (C=O) groups excluding carboxylic acids is 2. The monoisotopic (exact) mass is 419 g/mol. The number of ether oxygens (including phenoxy) is 2. The summed E-state index contributed by atoms with van der Waals surface area (Å²) in [6.07, 6.45) is 1.32. The van der Waals surface area contributed by atoms with E-state index >= 15 is 0 Å². The minimum atomic E-state index is -0.612. The number of esters is 2. The first-order valence-corrected chi connectivity index (χ1v) is 9.02. The normalized spacial score (nSPS) is 10.6. The van der Waals surface area contributed by atoms with Crippen LogP contribution < -0.4 is 11.1 Å². The van der Waals surface area contributed by atoms with E-state index in [0.29, 0.717) is 17.0 Å². The molecule has 4 rings (SSSR count). The Hall–Kier alpha value is -4.54. The Labute approximate surface area is 175 Å². The van der Waals surface area contributed by atoms with Gasteiger partial charge in [0.2, 0.25) is 0 Å². The number of methoxy groups -OCH3 is 2. The predicted molar refractivity (Wildman–Crippen MR) is 111 cm³/mol. The number of nitrogens with two attached hydrogens (primary N) is 1. The summed E-state index contributed by atoms with van der Waals surface area (Å²) < 4.78 is 11.0. The number of hydrogen-bond donors (Lipinski definition) is 2. The first-order valence-electron chi connectivity index (χ1n) is 9.02. The van der Waals surface area contributed by atoms with Crippen LogP contribution in [0.25, 0.3) is 16.9 Å². The van der Waals surface area contributed by atoms with Crippen molar-refractivity contribution < 1.29 is 19.1 Å². The van der Waals surface area contributed by atoms with E-state index in [9.17, 15) is 9.59 Å². The van der Waals surface area contributed by atoms with Gasteiger partial charge in [0.1, 0.15) is 17.5 Å². The third-order valence-corrected chi connectivity index (χ3v) is 4.45. The van der Waals surface area contributed by atoms with E-state index in [0.717, 1.165) is 5.52 Å². The summed E-state index contributed by atoms with van der Waals surface area (Å²) in [4.78, 5) is 32.4. The highest BCUT2D eigenvalue weighted by molar-refractivity contribution is 5.97. The van der Waals surface area contributed by atoms with Crippen LogP contribution in [-0.2, 0) is 9.47 Å². The molecule has 0 aliphatic carbocycles. The topological polar surface area (TPSA) is 147 Å². The van der Waals surface area contributed by atoms with E-state index in [-0.39, 0.29) is 22.6 Å². The van der Waals surface area contributed by atoms with Crippen LogP contribution in [0, 0.1) is 0 Å². The summed E-state index contributed by atoms with van der Waals surface area (Å²) in [7, 11) is 2.49. The summed E-state index contributed by atoms with van der Waals surface area (Å²) in [5, 5.41) is 11.2. The lowest BCUT2D eigenvalue weighted by molar-refractivity contribution is 0.0599. The van der Waals surface area contributed by atoms with Crippen molar-refractivity contribution in [2.75, 3.05) is 25.3 Å². The van der Waals surface area contributed by atoms with E-state index < -0.39 is 11.9 Å². The van der Waals surface area contributed by atoms with Crippen molar-refractivity contribution in [3.8, 4) is 5.82 Å². The van der Waals surface area contributed by atoms with Crippen LogP contribution in [0.5, 0.6) is 0 Å². The molecule has 0 amide bonds. The molecule has 0 unspecified atom stereocenters. The molecule has 0 atom stereocenters. The van der Waals surface area contributed by atoms with Gasteiger partial charge in [0, 0.05) is 5.69 Å². The number of nitrogens with one attached hydrogen (secondary N) is 1. The highest BCUT2D eigenvalue weighted by atomic mass is 16.5. The standard InChI is InChI=1S/C20H17N7O4/c1-30-19(28)11-7-12(20(29)31-2)9-13(8-11)24-17-16(21)18(23-10-22-17)27-15-6-4-3-5-14(15)25-26-27/h3-10H,21H2,1-2H3,(H,22,23,24). The highest BCUT2D eigenvalue weighted by Crippen LogP contribution is 2.27.